The summed E-state index contributed by atoms with van der Waals surface area (Å²) in [5.74, 6) is 0.960. The van der Waals surface area contributed by atoms with Gasteiger partial charge in [-0.05, 0) is 37.6 Å². The minimum Gasteiger partial charge on any atom is -0.496 e. The molecule has 0 bridgehead atoms. The number of hydrogen-bond donors (Lipinski definition) is 2. The van der Waals surface area contributed by atoms with Gasteiger partial charge in [-0.15, -0.1) is 0 Å². The molecule has 0 aliphatic rings. The molecule has 0 saturated carbocycles. The number of methoxy groups -OCH3 is 1. The van der Waals surface area contributed by atoms with Gasteiger partial charge in [0.15, 0.2) is 0 Å². The third-order valence-electron chi connectivity index (χ3n) is 2.35. The predicted octanol–water partition coefficient (Wildman–Crippen LogP) is 1.31. The average molecular weight is 208 g/mol. The van der Waals surface area contributed by atoms with Crippen LogP contribution in [0, 0.1) is 6.92 Å². The molecule has 0 radical (unpaired) electrons. The van der Waals surface area contributed by atoms with E-state index in [1.807, 2.05) is 13.1 Å². The highest BCUT2D eigenvalue weighted by Gasteiger charge is 1.99. The fourth-order valence-electron chi connectivity index (χ4n) is 1.54. The minimum atomic E-state index is 0.856. The number of benzene rings is 1. The number of hydrogen-bond acceptors (Lipinski definition) is 3. The summed E-state index contributed by atoms with van der Waals surface area (Å²) >= 11 is 0. The lowest BCUT2D eigenvalue weighted by Gasteiger charge is -2.08. The summed E-state index contributed by atoms with van der Waals surface area (Å²) in [7, 11) is 3.64. The highest BCUT2D eigenvalue weighted by Crippen LogP contribution is 2.18. The molecular weight excluding hydrogens is 188 g/mol. The van der Waals surface area contributed by atoms with E-state index in [4.69, 9.17) is 4.74 Å². The number of ether oxygens (including phenoxy) is 1. The van der Waals surface area contributed by atoms with Gasteiger partial charge in [-0.3, -0.25) is 0 Å². The normalized spacial score (nSPS) is 10.3. The van der Waals surface area contributed by atoms with Crippen molar-refractivity contribution in [3.8, 4) is 5.75 Å². The maximum atomic E-state index is 5.22. The largest absolute Gasteiger partial charge is 0.496 e. The molecule has 1 aromatic carbocycles. The van der Waals surface area contributed by atoms with Crippen molar-refractivity contribution in [1.82, 2.24) is 10.6 Å². The molecule has 2 N–H and O–H groups in total. The van der Waals surface area contributed by atoms with Crippen LogP contribution in [0.1, 0.15) is 11.1 Å². The van der Waals surface area contributed by atoms with Crippen LogP contribution in [0.5, 0.6) is 5.75 Å². The molecular formula is C12H20N2O. The third kappa shape index (κ3) is 3.90. The first kappa shape index (κ1) is 12.0. The van der Waals surface area contributed by atoms with E-state index in [-0.39, 0.29) is 0 Å². The van der Waals surface area contributed by atoms with Crippen molar-refractivity contribution in [3.63, 3.8) is 0 Å². The Morgan fingerprint density at radius 2 is 2.13 bits per heavy atom. The van der Waals surface area contributed by atoms with Crippen LogP contribution in [-0.4, -0.2) is 27.4 Å². The van der Waals surface area contributed by atoms with Gasteiger partial charge in [0.1, 0.15) is 5.75 Å². The maximum absolute atomic E-state index is 5.22. The summed E-state index contributed by atoms with van der Waals surface area (Å²) < 4.78 is 5.22. The van der Waals surface area contributed by atoms with Crippen LogP contribution in [0.25, 0.3) is 0 Å². The predicted molar refractivity (Wildman–Crippen MR) is 63.4 cm³/mol. The highest BCUT2D eigenvalue weighted by molar-refractivity contribution is 5.36. The monoisotopic (exact) mass is 208 g/mol. The molecule has 3 heteroatoms. The molecule has 0 aliphatic heterocycles. The van der Waals surface area contributed by atoms with E-state index < -0.39 is 0 Å². The Balaban J connectivity index is 2.45. The summed E-state index contributed by atoms with van der Waals surface area (Å²) in [5.41, 5.74) is 2.54. The highest BCUT2D eigenvalue weighted by atomic mass is 16.5. The molecule has 84 valence electrons. The fourth-order valence-corrected chi connectivity index (χ4v) is 1.54. The first-order valence-corrected chi connectivity index (χ1v) is 5.26. The van der Waals surface area contributed by atoms with Gasteiger partial charge in [-0.2, -0.15) is 0 Å². The van der Waals surface area contributed by atoms with Crippen LogP contribution in [0.15, 0.2) is 18.2 Å². The Labute approximate surface area is 91.8 Å². The van der Waals surface area contributed by atoms with Crippen molar-refractivity contribution in [3.05, 3.63) is 29.3 Å². The quantitative estimate of drug-likeness (QED) is 0.546. The zero-order chi connectivity index (χ0) is 11.1. The van der Waals surface area contributed by atoms with E-state index in [1.165, 1.54) is 11.1 Å². The molecule has 3 nitrogen and oxygen atoms in total. The zero-order valence-electron chi connectivity index (χ0n) is 9.76. The summed E-state index contributed by atoms with van der Waals surface area (Å²) in [6.45, 7) is 3.92. The molecule has 1 aromatic rings. The van der Waals surface area contributed by atoms with Gasteiger partial charge in [0.25, 0.3) is 0 Å². The Kier molecular flexibility index (Phi) is 5.15. The molecule has 0 aliphatic carbocycles. The standard InChI is InChI=1S/C12H20N2O/c1-10-8-11(4-5-12(10)15-3)6-7-14-9-13-2/h4-5,8,13-14H,6-7,9H2,1-3H3. The van der Waals surface area contributed by atoms with E-state index in [0.717, 1.165) is 25.4 Å². The molecule has 0 aromatic heterocycles. The van der Waals surface area contributed by atoms with Crippen molar-refractivity contribution in [2.45, 2.75) is 13.3 Å². The minimum absolute atomic E-state index is 0.856. The van der Waals surface area contributed by atoms with Crippen LogP contribution < -0.4 is 15.4 Å². The topological polar surface area (TPSA) is 33.3 Å². The van der Waals surface area contributed by atoms with E-state index in [1.54, 1.807) is 7.11 Å². The van der Waals surface area contributed by atoms with Gasteiger partial charge in [0, 0.05) is 13.2 Å². The lowest BCUT2D eigenvalue weighted by molar-refractivity contribution is 0.411. The Bertz CT molecular complexity index is 300. The zero-order valence-corrected chi connectivity index (χ0v) is 9.76. The van der Waals surface area contributed by atoms with Gasteiger partial charge in [-0.25, -0.2) is 0 Å². The van der Waals surface area contributed by atoms with Crippen molar-refractivity contribution >= 4 is 0 Å². The van der Waals surface area contributed by atoms with Crippen LogP contribution in [0.4, 0.5) is 0 Å². The van der Waals surface area contributed by atoms with Gasteiger partial charge >= 0.3 is 0 Å². The maximum Gasteiger partial charge on any atom is 0.121 e. The summed E-state index contributed by atoms with van der Waals surface area (Å²) in [6, 6.07) is 6.33. The Hall–Kier alpha value is -1.06. The van der Waals surface area contributed by atoms with Crippen LogP contribution in [0.3, 0.4) is 0 Å². The van der Waals surface area contributed by atoms with E-state index in [9.17, 15) is 0 Å². The number of nitrogens with one attached hydrogen (secondary N) is 2. The molecule has 0 heterocycles. The van der Waals surface area contributed by atoms with Gasteiger partial charge in [0.2, 0.25) is 0 Å². The SMILES string of the molecule is CNCNCCc1ccc(OC)c(C)c1. The van der Waals surface area contributed by atoms with E-state index in [2.05, 4.69) is 29.7 Å². The van der Waals surface area contributed by atoms with E-state index in [0.29, 0.717) is 0 Å². The molecule has 0 fully saturated rings. The van der Waals surface area contributed by atoms with Gasteiger partial charge in [-0.1, -0.05) is 12.1 Å². The molecule has 0 unspecified atom stereocenters. The molecule has 0 atom stereocenters. The number of rotatable bonds is 6. The van der Waals surface area contributed by atoms with Crippen LogP contribution in [-0.2, 0) is 6.42 Å². The first-order valence-electron chi connectivity index (χ1n) is 5.26. The third-order valence-corrected chi connectivity index (χ3v) is 2.35. The number of aryl methyl sites for hydroxylation is 1. The molecule has 15 heavy (non-hydrogen) atoms. The Morgan fingerprint density at radius 1 is 1.33 bits per heavy atom. The summed E-state index contributed by atoms with van der Waals surface area (Å²) in [5, 5.41) is 6.34. The van der Waals surface area contributed by atoms with E-state index >= 15 is 0 Å². The first-order chi connectivity index (χ1) is 7.27. The second kappa shape index (κ2) is 6.43. The summed E-state index contributed by atoms with van der Waals surface area (Å²) in [4.78, 5) is 0. The second-order valence-electron chi connectivity index (χ2n) is 3.58. The molecule has 0 spiro atoms. The lowest BCUT2D eigenvalue weighted by atomic mass is 10.1. The van der Waals surface area contributed by atoms with Gasteiger partial charge in [0.05, 0.1) is 7.11 Å². The molecule has 0 saturated heterocycles. The van der Waals surface area contributed by atoms with Crippen molar-refractivity contribution in [1.29, 1.82) is 0 Å². The summed E-state index contributed by atoms with van der Waals surface area (Å²) in [6.07, 6.45) is 1.05. The molecule has 1 rings (SSSR count). The average Bonchev–Trinajstić information content (AvgIpc) is 2.25. The smallest absolute Gasteiger partial charge is 0.121 e. The van der Waals surface area contributed by atoms with Crippen molar-refractivity contribution < 1.29 is 4.74 Å². The van der Waals surface area contributed by atoms with Crippen molar-refractivity contribution in [2.24, 2.45) is 0 Å². The Morgan fingerprint density at radius 3 is 2.73 bits per heavy atom. The second-order valence-corrected chi connectivity index (χ2v) is 3.58. The molecule has 0 amide bonds. The van der Waals surface area contributed by atoms with Gasteiger partial charge < -0.3 is 15.4 Å². The lowest BCUT2D eigenvalue weighted by Crippen LogP contribution is -2.27. The van der Waals surface area contributed by atoms with Crippen LogP contribution >= 0.6 is 0 Å². The van der Waals surface area contributed by atoms with Crippen molar-refractivity contribution in [2.75, 3.05) is 27.4 Å². The van der Waals surface area contributed by atoms with Crippen LogP contribution in [0.2, 0.25) is 0 Å². The fraction of sp³-hybridized carbons (Fsp3) is 0.500.